The van der Waals surface area contributed by atoms with Gasteiger partial charge in [0.05, 0.1) is 0 Å². The summed E-state index contributed by atoms with van der Waals surface area (Å²) in [5.74, 6) is 0.900. The van der Waals surface area contributed by atoms with Crippen LogP contribution in [-0.4, -0.2) is 5.54 Å². The molecule has 5 rings (SSSR count). The van der Waals surface area contributed by atoms with Crippen LogP contribution in [0.5, 0.6) is 0 Å². The predicted octanol–water partition coefficient (Wildman–Crippen LogP) is 9.00. The molecule has 0 radical (unpaired) electrons. The van der Waals surface area contributed by atoms with Crippen LogP contribution in [0, 0.1) is 5.41 Å². The monoisotopic (exact) mass is 527 g/mol. The molecule has 0 aromatic heterocycles. The van der Waals surface area contributed by atoms with E-state index in [0.717, 1.165) is 6.42 Å². The summed E-state index contributed by atoms with van der Waals surface area (Å²) in [6.07, 6.45) is 1.10. The molecule has 1 fully saturated rings. The average Bonchev–Trinajstić information content (AvgIpc) is 3.12. The van der Waals surface area contributed by atoms with Crippen LogP contribution in [0.2, 0.25) is 0 Å². The highest BCUT2D eigenvalue weighted by Crippen LogP contribution is 2.54. The van der Waals surface area contributed by atoms with Crippen molar-refractivity contribution in [1.82, 2.24) is 0 Å². The van der Waals surface area contributed by atoms with Gasteiger partial charge in [-0.05, 0) is 70.4 Å². The van der Waals surface area contributed by atoms with Crippen LogP contribution in [0.25, 0.3) is 11.3 Å². The fraction of sp³-hybridized carbons (Fsp3) is 0.333. The Balaban J connectivity index is 1.81. The topological polar surface area (TPSA) is 3.24 Å². The fourth-order valence-electron chi connectivity index (χ4n) is 7.06. The molecule has 1 heterocycles. The van der Waals surface area contributed by atoms with Crippen LogP contribution in [-0.2, 0) is 0 Å². The zero-order valence-corrected chi connectivity index (χ0v) is 25.6. The van der Waals surface area contributed by atoms with Gasteiger partial charge in [0.1, 0.15) is 0 Å². The minimum atomic E-state index is -0.00248. The highest BCUT2D eigenvalue weighted by Gasteiger charge is 2.48. The molecule has 4 aromatic rings. The lowest BCUT2D eigenvalue weighted by molar-refractivity contribution is 0.400. The predicted molar refractivity (Wildman–Crippen MR) is 173 cm³/mol. The Morgan fingerprint density at radius 3 is 1.52 bits per heavy atom. The van der Waals surface area contributed by atoms with Crippen LogP contribution in [0.3, 0.4) is 0 Å². The molecule has 0 N–H and O–H groups in total. The highest BCUT2D eigenvalue weighted by atomic mass is 15.3. The number of hydrogen-bond acceptors (Lipinski definition) is 1. The third-order valence-corrected chi connectivity index (χ3v) is 8.48. The van der Waals surface area contributed by atoms with Crippen molar-refractivity contribution in [2.75, 3.05) is 4.90 Å². The van der Waals surface area contributed by atoms with Crippen molar-refractivity contribution < 1.29 is 0 Å². The molecule has 0 spiro atoms. The molecule has 0 aliphatic carbocycles. The number of rotatable bonds is 5. The van der Waals surface area contributed by atoms with E-state index in [-0.39, 0.29) is 11.0 Å². The molecule has 0 saturated carbocycles. The molecule has 0 bridgehead atoms. The quantitative estimate of drug-likeness (QED) is 0.250. The van der Waals surface area contributed by atoms with Gasteiger partial charge in [-0.3, -0.25) is 0 Å². The van der Waals surface area contributed by atoms with Gasteiger partial charge in [0.25, 0.3) is 0 Å². The fourth-order valence-corrected chi connectivity index (χ4v) is 7.06. The summed E-state index contributed by atoms with van der Waals surface area (Å²) in [4.78, 5) is 2.71. The maximum absolute atomic E-state index is 2.71. The van der Waals surface area contributed by atoms with Crippen molar-refractivity contribution >= 4 is 17.0 Å². The zero-order chi connectivity index (χ0) is 28.7. The van der Waals surface area contributed by atoms with Crippen LogP contribution in [0.4, 0.5) is 5.69 Å². The average molecular weight is 528 g/mol. The van der Waals surface area contributed by atoms with Gasteiger partial charge in [0, 0.05) is 22.3 Å². The Morgan fingerprint density at radius 1 is 0.600 bits per heavy atom. The Kier molecular flexibility index (Phi) is 7.53. The second-order valence-electron chi connectivity index (χ2n) is 13.3. The van der Waals surface area contributed by atoms with Gasteiger partial charge in [-0.1, -0.05) is 145 Å². The third kappa shape index (κ3) is 5.15. The number of anilines is 1. The summed E-state index contributed by atoms with van der Waals surface area (Å²) in [6.45, 7) is 19.0. The van der Waals surface area contributed by atoms with Gasteiger partial charge >= 0.3 is 0 Å². The molecular formula is C39H45N. The molecule has 1 heteroatoms. The summed E-state index contributed by atoms with van der Waals surface area (Å²) >= 11 is 0. The molecule has 40 heavy (non-hydrogen) atoms. The van der Waals surface area contributed by atoms with Crippen LogP contribution in [0.1, 0.15) is 95.9 Å². The summed E-state index contributed by atoms with van der Waals surface area (Å²) in [7, 11) is 0. The zero-order valence-electron chi connectivity index (χ0n) is 25.6. The molecule has 206 valence electrons. The van der Waals surface area contributed by atoms with E-state index in [1.54, 1.807) is 0 Å². The molecule has 4 aromatic carbocycles. The highest BCUT2D eigenvalue weighted by molar-refractivity contribution is 5.82. The second kappa shape index (κ2) is 10.8. The minimum Gasteiger partial charge on any atom is -0.338 e. The van der Waals surface area contributed by atoms with E-state index in [9.17, 15) is 0 Å². The first kappa shape index (κ1) is 28.0. The number of hydrogen-bond donors (Lipinski definition) is 0. The second-order valence-corrected chi connectivity index (χ2v) is 13.3. The molecule has 1 saturated heterocycles. The van der Waals surface area contributed by atoms with E-state index in [1.807, 2.05) is 0 Å². The lowest BCUT2D eigenvalue weighted by Crippen LogP contribution is -2.40. The third-order valence-electron chi connectivity index (χ3n) is 8.48. The first-order valence-electron chi connectivity index (χ1n) is 14.9. The Labute approximate surface area is 241 Å². The molecule has 1 aliphatic heterocycles. The summed E-state index contributed by atoms with van der Waals surface area (Å²) in [6, 6.07) is 37.9. The first-order chi connectivity index (χ1) is 19.0. The van der Waals surface area contributed by atoms with E-state index in [2.05, 4.69) is 163 Å². The van der Waals surface area contributed by atoms with E-state index in [4.69, 9.17) is 0 Å². The van der Waals surface area contributed by atoms with Gasteiger partial charge in [-0.25, -0.2) is 0 Å². The van der Waals surface area contributed by atoms with Crippen LogP contribution >= 0.6 is 0 Å². The molecule has 0 atom stereocenters. The van der Waals surface area contributed by atoms with Gasteiger partial charge < -0.3 is 4.90 Å². The maximum atomic E-state index is 2.71. The first-order valence-corrected chi connectivity index (χ1v) is 14.9. The van der Waals surface area contributed by atoms with Gasteiger partial charge in [0.2, 0.25) is 0 Å². The lowest BCUT2D eigenvalue weighted by Gasteiger charge is -2.39. The van der Waals surface area contributed by atoms with Crippen LogP contribution in [0.15, 0.2) is 103 Å². The summed E-state index contributed by atoms with van der Waals surface area (Å²) in [5.41, 5.74) is 9.52. The van der Waals surface area contributed by atoms with Crippen molar-refractivity contribution in [3.63, 3.8) is 0 Å². The summed E-state index contributed by atoms with van der Waals surface area (Å²) < 4.78 is 0. The largest absolute Gasteiger partial charge is 0.338 e. The SMILES string of the molecule is CC(C)c1cccc(C(C)C)c1N1C(=c2ccc(=C(c3ccccc3)c3ccccc3)cc2)C(C)(C)CC1(C)C. The minimum absolute atomic E-state index is 0.00248. The number of nitrogens with zero attached hydrogens (tertiary/aromatic N) is 1. The number of para-hydroxylation sites is 1. The summed E-state index contributed by atoms with van der Waals surface area (Å²) in [5, 5.41) is 2.56. The van der Waals surface area contributed by atoms with E-state index >= 15 is 0 Å². The van der Waals surface area contributed by atoms with E-state index in [1.165, 1.54) is 49.6 Å². The Bertz CT molecular complexity index is 1510. The molecule has 1 nitrogen and oxygen atoms in total. The molecular weight excluding hydrogens is 482 g/mol. The van der Waals surface area contributed by atoms with Crippen molar-refractivity contribution in [3.05, 3.63) is 136 Å². The number of benzene rings is 4. The van der Waals surface area contributed by atoms with E-state index < -0.39 is 0 Å². The Morgan fingerprint density at radius 2 is 1.07 bits per heavy atom. The van der Waals surface area contributed by atoms with Gasteiger partial charge in [-0.2, -0.15) is 0 Å². The van der Waals surface area contributed by atoms with Crippen molar-refractivity contribution in [1.29, 1.82) is 0 Å². The van der Waals surface area contributed by atoms with Crippen LogP contribution < -0.4 is 15.3 Å². The van der Waals surface area contributed by atoms with Crippen molar-refractivity contribution in [3.8, 4) is 0 Å². The molecule has 1 aliphatic rings. The maximum Gasteiger partial charge on any atom is 0.0484 e. The smallest absolute Gasteiger partial charge is 0.0484 e. The standard InChI is InChI=1S/C39H45N/c1-27(2)33-20-15-21-34(28(3)4)36(33)40-37(38(5,6)26-39(40,7)8)32-24-22-31(23-25-32)35(29-16-11-9-12-17-29)30-18-13-10-14-19-30/h9-25,27-28H,26H2,1-8H3. The van der Waals surface area contributed by atoms with Gasteiger partial charge in [-0.15, -0.1) is 0 Å². The lowest BCUT2D eigenvalue weighted by atomic mass is 9.83. The van der Waals surface area contributed by atoms with E-state index in [0.29, 0.717) is 11.8 Å². The van der Waals surface area contributed by atoms with Crippen molar-refractivity contribution in [2.45, 2.75) is 79.2 Å². The molecule has 0 amide bonds. The van der Waals surface area contributed by atoms with Gasteiger partial charge in [0.15, 0.2) is 0 Å². The Hall–Kier alpha value is -3.58. The van der Waals surface area contributed by atoms with Crippen molar-refractivity contribution in [2.24, 2.45) is 5.41 Å². The normalized spacial score (nSPS) is 16.1. The molecule has 0 unspecified atom stereocenters.